The van der Waals surface area contributed by atoms with E-state index in [2.05, 4.69) is 5.32 Å². The Balaban J connectivity index is 3.17. The predicted molar refractivity (Wildman–Crippen MR) is 63.4 cm³/mol. The molecule has 0 radical (unpaired) electrons. The van der Waals surface area contributed by atoms with E-state index in [0.29, 0.717) is 19.1 Å². The predicted octanol–water partition coefficient (Wildman–Crippen LogP) is 3.17. The summed E-state index contributed by atoms with van der Waals surface area (Å²) in [7, 11) is 0. The summed E-state index contributed by atoms with van der Waals surface area (Å²) in [5, 5.41) is 2.72. The second kappa shape index (κ2) is 10.1. The molecule has 0 saturated heterocycles. The van der Waals surface area contributed by atoms with Crippen molar-refractivity contribution in [3.63, 3.8) is 0 Å². The van der Waals surface area contributed by atoms with Gasteiger partial charge in [0.15, 0.2) is 0 Å². The van der Waals surface area contributed by atoms with E-state index in [1.54, 1.807) is 0 Å². The molecule has 0 fully saturated rings. The van der Waals surface area contributed by atoms with E-state index >= 15 is 0 Å². The maximum atomic E-state index is 11.1. The first-order valence-electron chi connectivity index (χ1n) is 5.63. The van der Waals surface area contributed by atoms with E-state index in [0.717, 1.165) is 31.6 Å². The summed E-state index contributed by atoms with van der Waals surface area (Å²) in [6, 6.07) is 0. The van der Waals surface area contributed by atoms with E-state index in [1.807, 2.05) is 13.8 Å². The van der Waals surface area contributed by atoms with Crippen molar-refractivity contribution in [3.05, 3.63) is 0 Å². The molecule has 0 heterocycles. The van der Waals surface area contributed by atoms with Gasteiger partial charge in [-0.05, 0) is 18.8 Å². The third-order valence-corrected chi connectivity index (χ3v) is 2.14. The van der Waals surface area contributed by atoms with Gasteiger partial charge in [-0.3, -0.25) is 0 Å². The van der Waals surface area contributed by atoms with Crippen LogP contribution in [0.2, 0.25) is 0 Å². The van der Waals surface area contributed by atoms with Crippen molar-refractivity contribution < 1.29 is 9.53 Å². The van der Waals surface area contributed by atoms with Gasteiger partial charge in [-0.1, -0.05) is 26.7 Å². The molecule has 0 spiro atoms. The number of alkyl carbamates (subject to hydrolysis) is 1. The third kappa shape index (κ3) is 11.5. The lowest BCUT2D eigenvalue weighted by atomic mass is 10.2. The Labute approximate surface area is 97.5 Å². The molecule has 15 heavy (non-hydrogen) atoms. The van der Waals surface area contributed by atoms with Crippen LogP contribution in [-0.4, -0.2) is 25.1 Å². The number of rotatable bonds is 8. The van der Waals surface area contributed by atoms with Crippen LogP contribution < -0.4 is 5.32 Å². The summed E-state index contributed by atoms with van der Waals surface area (Å²) in [4.78, 5) is 11.1. The van der Waals surface area contributed by atoms with Crippen LogP contribution >= 0.6 is 11.6 Å². The number of carbonyl (C=O) groups excluding carboxylic acids is 1. The zero-order valence-electron chi connectivity index (χ0n) is 9.72. The van der Waals surface area contributed by atoms with E-state index in [-0.39, 0.29) is 6.09 Å². The number of ether oxygens (including phenoxy) is 1. The van der Waals surface area contributed by atoms with Gasteiger partial charge in [0.05, 0.1) is 6.61 Å². The van der Waals surface area contributed by atoms with Crippen molar-refractivity contribution in [2.24, 2.45) is 5.92 Å². The first-order valence-corrected chi connectivity index (χ1v) is 6.17. The number of amides is 1. The highest BCUT2D eigenvalue weighted by Crippen LogP contribution is 2.00. The number of hydrogen-bond donors (Lipinski definition) is 1. The molecule has 0 aromatic carbocycles. The summed E-state index contributed by atoms with van der Waals surface area (Å²) in [6.07, 6.45) is 3.98. The van der Waals surface area contributed by atoms with Gasteiger partial charge in [-0.2, -0.15) is 0 Å². The van der Waals surface area contributed by atoms with Gasteiger partial charge in [0, 0.05) is 12.4 Å². The number of nitrogens with one attached hydrogen (secondary N) is 1. The number of alkyl halides is 1. The standard InChI is InChI=1S/C11H22ClNO2/c1-10(2)9-15-11(14)13-8-6-4-3-5-7-12/h10H,3-9H2,1-2H3,(H,13,14). The molecule has 0 atom stereocenters. The second-order valence-corrected chi connectivity index (χ2v) is 4.40. The lowest BCUT2D eigenvalue weighted by molar-refractivity contribution is 0.133. The molecule has 0 rings (SSSR count). The number of carbonyl (C=O) groups is 1. The largest absolute Gasteiger partial charge is 0.449 e. The molecule has 0 aliphatic heterocycles. The van der Waals surface area contributed by atoms with Crippen molar-refractivity contribution in [2.45, 2.75) is 39.5 Å². The average Bonchev–Trinajstić information content (AvgIpc) is 2.20. The zero-order valence-corrected chi connectivity index (χ0v) is 10.5. The number of hydrogen-bond acceptors (Lipinski definition) is 2. The zero-order chi connectivity index (χ0) is 11.5. The Bertz CT molecular complexity index is 163. The molecular weight excluding hydrogens is 214 g/mol. The average molecular weight is 236 g/mol. The molecule has 4 heteroatoms. The van der Waals surface area contributed by atoms with E-state index in [1.165, 1.54) is 0 Å². The fourth-order valence-corrected chi connectivity index (χ4v) is 1.25. The van der Waals surface area contributed by atoms with Crippen LogP contribution in [0.15, 0.2) is 0 Å². The van der Waals surface area contributed by atoms with Crippen LogP contribution in [0.4, 0.5) is 4.79 Å². The molecule has 0 bridgehead atoms. The first kappa shape index (κ1) is 14.6. The second-order valence-electron chi connectivity index (χ2n) is 4.02. The van der Waals surface area contributed by atoms with Crippen LogP contribution in [0, 0.1) is 5.92 Å². The van der Waals surface area contributed by atoms with Gasteiger partial charge >= 0.3 is 6.09 Å². The Kier molecular flexibility index (Phi) is 9.79. The van der Waals surface area contributed by atoms with Gasteiger partial charge in [0.1, 0.15) is 0 Å². The Morgan fingerprint density at radius 2 is 1.93 bits per heavy atom. The van der Waals surface area contributed by atoms with Gasteiger partial charge in [0.25, 0.3) is 0 Å². The van der Waals surface area contributed by atoms with Gasteiger partial charge in [0.2, 0.25) is 0 Å². The fourth-order valence-electron chi connectivity index (χ4n) is 1.06. The molecule has 0 aromatic heterocycles. The van der Waals surface area contributed by atoms with E-state index < -0.39 is 0 Å². The van der Waals surface area contributed by atoms with Crippen molar-refractivity contribution in [2.75, 3.05) is 19.0 Å². The van der Waals surface area contributed by atoms with E-state index in [9.17, 15) is 4.79 Å². The molecule has 1 amide bonds. The van der Waals surface area contributed by atoms with Gasteiger partial charge < -0.3 is 10.1 Å². The highest BCUT2D eigenvalue weighted by molar-refractivity contribution is 6.17. The topological polar surface area (TPSA) is 38.3 Å². The minimum atomic E-state index is -0.305. The Morgan fingerprint density at radius 1 is 1.27 bits per heavy atom. The molecule has 0 unspecified atom stereocenters. The third-order valence-electron chi connectivity index (χ3n) is 1.88. The minimum absolute atomic E-state index is 0.305. The van der Waals surface area contributed by atoms with Crippen molar-refractivity contribution in [1.82, 2.24) is 5.32 Å². The van der Waals surface area contributed by atoms with E-state index in [4.69, 9.17) is 16.3 Å². The maximum Gasteiger partial charge on any atom is 0.407 e. The van der Waals surface area contributed by atoms with Crippen molar-refractivity contribution in [1.29, 1.82) is 0 Å². The monoisotopic (exact) mass is 235 g/mol. The molecule has 0 aliphatic rings. The van der Waals surface area contributed by atoms with Crippen LogP contribution in [0.1, 0.15) is 39.5 Å². The summed E-state index contributed by atoms with van der Waals surface area (Å²) in [5.41, 5.74) is 0. The highest BCUT2D eigenvalue weighted by Gasteiger charge is 2.01. The molecule has 0 aliphatic carbocycles. The first-order chi connectivity index (χ1) is 7.16. The molecule has 90 valence electrons. The van der Waals surface area contributed by atoms with Gasteiger partial charge in [-0.25, -0.2) is 4.79 Å². The van der Waals surface area contributed by atoms with Crippen LogP contribution in [0.25, 0.3) is 0 Å². The van der Waals surface area contributed by atoms with Crippen LogP contribution in [-0.2, 0) is 4.74 Å². The number of unbranched alkanes of at least 4 members (excludes halogenated alkanes) is 3. The van der Waals surface area contributed by atoms with Crippen molar-refractivity contribution >= 4 is 17.7 Å². The summed E-state index contributed by atoms with van der Waals surface area (Å²) >= 11 is 5.55. The quantitative estimate of drug-likeness (QED) is 0.519. The molecule has 0 saturated carbocycles. The van der Waals surface area contributed by atoms with Crippen molar-refractivity contribution in [3.8, 4) is 0 Å². The molecule has 1 N–H and O–H groups in total. The fraction of sp³-hybridized carbons (Fsp3) is 0.909. The molecule has 3 nitrogen and oxygen atoms in total. The summed E-state index contributed by atoms with van der Waals surface area (Å²) in [5.74, 6) is 1.11. The summed E-state index contributed by atoms with van der Waals surface area (Å²) < 4.78 is 4.96. The van der Waals surface area contributed by atoms with Crippen LogP contribution in [0.3, 0.4) is 0 Å². The Morgan fingerprint density at radius 3 is 2.53 bits per heavy atom. The normalized spacial score (nSPS) is 10.4. The number of halogens is 1. The summed E-state index contributed by atoms with van der Waals surface area (Å²) in [6.45, 7) is 5.20. The molecular formula is C11H22ClNO2. The van der Waals surface area contributed by atoms with Gasteiger partial charge in [-0.15, -0.1) is 11.6 Å². The molecule has 0 aromatic rings. The SMILES string of the molecule is CC(C)COC(=O)NCCCCCCCl. The maximum absolute atomic E-state index is 11.1. The smallest absolute Gasteiger partial charge is 0.407 e. The highest BCUT2D eigenvalue weighted by atomic mass is 35.5. The van der Waals surface area contributed by atoms with Crippen LogP contribution in [0.5, 0.6) is 0 Å². The lowest BCUT2D eigenvalue weighted by Crippen LogP contribution is -2.26. The lowest BCUT2D eigenvalue weighted by Gasteiger charge is -2.08. The minimum Gasteiger partial charge on any atom is -0.449 e. The Hall–Kier alpha value is -0.440.